The van der Waals surface area contributed by atoms with Crippen LogP contribution in [-0.2, 0) is 21.2 Å². The van der Waals surface area contributed by atoms with Gasteiger partial charge in [-0.05, 0) is 61.6 Å². The Labute approximate surface area is 175 Å². The molecule has 1 unspecified atom stereocenters. The first-order chi connectivity index (χ1) is 13.8. The minimum Gasteiger partial charge on any atom is -0.355 e. The van der Waals surface area contributed by atoms with Gasteiger partial charge in [-0.15, -0.1) is 0 Å². The van der Waals surface area contributed by atoms with Crippen molar-refractivity contribution in [3.05, 3.63) is 64.4 Å². The van der Waals surface area contributed by atoms with E-state index in [0.717, 1.165) is 5.56 Å². The van der Waals surface area contributed by atoms with Gasteiger partial charge in [0.15, 0.2) is 0 Å². The zero-order valence-corrected chi connectivity index (χ0v) is 17.8. The standard InChI is InChI=1S/C21H24ClFN2O3S/c1-15-19(22)5-2-6-20(15)29(27,28)25-13-3-4-17(14-25)21(26)24-12-11-16-7-9-18(23)10-8-16/h2,5-10,17H,3-4,11-14H2,1H3,(H,24,26). The highest BCUT2D eigenvalue weighted by atomic mass is 35.5. The Balaban J connectivity index is 1.61. The molecule has 1 heterocycles. The summed E-state index contributed by atoms with van der Waals surface area (Å²) in [5.74, 6) is -0.850. The van der Waals surface area contributed by atoms with Crippen LogP contribution in [0.4, 0.5) is 4.39 Å². The van der Waals surface area contributed by atoms with Crippen molar-refractivity contribution in [2.24, 2.45) is 5.92 Å². The first-order valence-electron chi connectivity index (χ1n) is 9.56. The Morgan fingerprint density at radius 3 is 2.69 bits per heavy atom. The second-order valence-corrected chi connectivity index (χ2v) is 9.55. The van der Waals surface area contributed by atoms with Crippen LogP contribution < -0.4 is 5.32 Å². The van der Waals surface area contributed by atoms with Gasteiger partial charge in [-0.3, -0.25) is 4.79 Å². The Hall–Kier alpha value is -1.96. The molecule has 156 valence electrons. The average Bonchev–Trinajstić information content (AvgIpc) is 2.71. The molecule has 3 rings (SSSR count). The summed E-state index contributed by atoms with van der Waals surface area (Å²) < 4.78 is 40.4. The maximum atomic E-state index is 13.1. The van der Waals surface area contributed by atoms with Gasteiger partial charge in [-0.25, -0.2) is 12.8 Å². The summed E-state index contributed by atoms with van der Waals surface area (Å²) in [4.78, 5) is 12.7. The van der Waals surface area contributed by atoms with Crippen molar-refractivity contribution in [2.75, 3.05) is 19.6 Å². The number of amides is 1. The molecule has 29 heavy (non-hydrogen) atoms. The van der Waals surface area contributed by atoms with Gasteiger partial charge in [0.2, 0.25) is 15.9 Å². The number of nitrogens with one attached hydrogen (secondary N) is 1. The highest BCUT2D eigenvalue weighted by Gasteiger charge is 2.34. The third kappa shape index (κ3) is 5.15. The van der Waals surface area contributed by atoms with Crippen molar-refractivity contribution in [2.45, 2.75) is 31.1 Å². The molecule has 2 aromatic carbocycles. The molecule has 1 saturated heterocycles. The molecule has 0 radical (unpaired) electrons. The van der Waals surface area contributed by atoms with Crippen LogP contribution in [0.25, 0.3) is 0 Å². The first-order valence-corrected chi connectivity index (χ1v) is 11.4. The van der Waals surface area contributed by atoms with Gasteiger partial charge in [0.05, 0.1) is 10.8 Å². The molecule has 1 amide bonds. The molecular weight excluding hydrogens is 415 g/mol. The number of nitrogens with zero attached hydrogens (tertiary/aromatic N) is 1. The third-order valence-electron chi connectivity index (χ3n) is 5.22. The fourth-order valence-electron chi connectivity index (χ4n) is 3.51. The van der Waals surface area contributed by atoms with Gasteiger partial charge in [0.1, 0.15) is 5.82 Å². The maximum absolute atomic E-state index is 13.1. The fourth-order valence-corrected chi connectivity index (χ4v) is 5.51. The van der Waals surface area contributed by atoms with E-state index in [0.29, 0.717) is 42.9 Å². The van der Waals surface area contributed by atoms with E-state index in [1.165, 1.54) is 16.4 Å². The van der Waals surface area contributed by atoms with Crippen molar-refractivity contribution in [3.63, 3.8) is 0 Å². The summed E-state index contributed by atoms with van der Waals surface area (Å²) in [5.41, 5.74) is 1.44. The Kier molecular flexibility index (Phi) is 6.93. The number of halogens is 2. The first kappa shape index (κ1) is 21.7. The number of piperidine rings is 1. The summed E-state index contributed by atoms with van der Waals surface area (Å²) in [7, 11) is -3.72. The second-order valence-electron chi connectivity index (χ2n) is 7.23. The van der Waals surface area contributed by atoms with Crippen LogP contribution in [0.3, 0.4) is 0 Å². The van der Waals surface area contributed by atoms with Gasteiger partial charge in [0, 0.05) is 24.7 Å². The Bertz CT molecular complexity index is 980. The molecule has 0 bridgehead atoms. The van der Waals surface area contributed by atoms with E-state index in [9.17, 15) is 17.6 Å². The number of benzene rings is 2. The average molecular weight is 439 g/mol. The molecular formula is C21H24ClFN2O3S. The van der Waals surface area contributed by atoms with Crippen molar-refractivity contribution >= 4 is 27.5 Å². The molecule has 8 heteroatoms. The third-order valence-corrected chi connectivity index (χ3v) is 7.64. The molecule has 1 aliphatic heterocycles. The number of carbonyl (C=O) groups is 1. The number of hydrogen-bond acceptors (Lipinski definition) is 3. The van der Waals surface area contributed by atoms with Crippen molar-refractivity contribution in [1.82, 2.24) is 9.62 Å². The smallest absolute Gasteiger partial charge is 0.243 e. The minimum absolute atomic E-state index is 0.149. The minimum atomic E-state index is -3.72. The number of carbonyl (C=O) groups excluding carboxylic acids is 1. The van der Waals surface area contributed by atoms with Gasteiger partial charge < -0.3 is 5.32 Å². The fraction of sp³-hybridized carbons (Fsp3) is 0.381. The molecule has 5 nitrogen and oxygen atoms in total. The van der Waals surface area contributed by atoms with Crippen LogP contribution in [0, 0.1) is 18.7 Å². The summed E-state index contributed by atoms with van der Waals surface area (Å²) >= 11 is 6.09. The van der Waals surface area contributed by atoms with Gasteiger partial charge in [-0.1, -0.05) is 29.8 Å². The molecule has 0 aromatic heterocycles. The Morgan fingerprint density at radius 1 is 1.24 bits per heavy atom. The summed E-state index contributed by atoms with van der Waals surface area (Å²) in [6, 6.07) is 11.0. The van der Waals surface area contributed by atoms with Gasteiger partial charge >= 0.3 is 0 Å². The van der Waals surface area contributed by atoms with Crippen LogP contribution in [0.15, 0.2) is 47.4 Å². The van der Waals surface area contributed by atoms with Crippen LogP contribution in [-0.4, -0.2) is 38.3 Å². The quantitative estimate of drug-likeness (QED) is 0.750. The predicted molar refractivity (Wildman–Crippen MR) is 111 cm³/mol. The van der Waals surface area contributed by atoms with Crippen LogP contribution >= 0.6 is 11.6 Å². The largest absolute Gasteiger partial charge is 0.355 e. The van der Waals surface area contributed by atoms with E-state index >= 15 is 0 Å². The molecule has 2 aromatic rings. The zero-order valence-electron chi connectivity index (χ0n) is 16.2. The van der Waals surface area contributed by atoms with Crippen molar-refractivity contribution in [3.8, 4) is 0 Å². The number of hydrogen-bond donors (Lipinski definition) is 1. The van der Waals surface area contributed by atoms with E-state index in [1.54, 1.807) is 37.3 Å². The van der Waals surface area contributed by atoms with Crippen molar-refractivity contribution < 1.29 is 17.6 Å². The molecule has 1 fully saturated rings. The lowest BCUT2D eigenvalue weighted by Gasteiger charge is -2.31. The van der Waals surface area contributed by atoms with Crippen LogP contribution in [0.2, 0.25) is 5.02 Å². The maximum Gasteiger partial charge on any atom is 0.243 e. The highest BCUT2D eigenvalue weighted by molar-refractivity contribution is 7.89. The normalized spacial score (nSPS) is 17.8. The van der Waals surface area contributed by atoms with E-state index < -0.39 is 15.9 Å². The summed E-state index contributed by atoms with van der Waals surface area (Å²) in [5, 5.41) is 3.27. The SMILES string of the molecule is Cc1c(Cl)cccc1S(=O)(=O)N1CCCC(C(=O)NCCc2ccc(F)cc2)C1. The summed E-state index contributed by atoms with van der Waals surface area (Å²) in [6.07, 6.45) is 1.85. The van der Waals surface area contributed by atoms with Crippen LogP contribution in [0.5, 0.6) is 0 Å². The second kappa shape index (κ2) is 9.24. The summed E-state index contributed by atoms with van der Waals surface area (Å²) in [6.45, 7) is 2.63. The molecule has 0 spiro atoms. The zero-order chi connectivity index (χ0) is 21.0. The van der Waals surface area contributed by atoms with E-state index in [4.69, 9.17) is 11.6 Å². The molecule has 0 saturated carbocycles. The predicted octanol–water partition coefficient (Wildman–Crippen LogP) is 3.55. The highest BCUT2D eigenvalue weighted by Crippen LogP contribution is 2.28. The lowest BCUT2D eigenvalue weighted by Crippen LogP contribution is -2.45. The molecule has 1 atom stereocenters. The molecule has 0 aliphatic carbocycles. The van der Waals surface area contributed by atoms with E-state index in [1.807, 2.05) is 0 Å². The van der Waals surface area contributed by atoms with E-state index in [-0.39, 0.29) is 23.2 Å². The topological polar surface area (TPSA) is 66.5 Å². The lowest BCUT2D eigenvalue weighted by molar-refractivity contribution is -0.126. The Morgan fingerprint density at radius 2 is 1.97 bits per heavy atom. The van der Waals surface area contributed by atoms with Gasteiger partial charge in [-0.2, -0.15) is 4.31 Å². The number of rotatable bonds is 6. The van der Waals surface area contributed by atoms with Crippen LogP contribution in [0.1, 0.15) is 24.0 Å². The van der Waals surface area contributed by atoms with E-state index in [2.05, 4.69) is 5.32 Å². The number of sulfonamides is 1. The molecule has 1 aliphatic rings. The monoisotopic (exact) mass is 438 g/mol. The van der Waals surface area contributed by atoms with Crippen molar-refractivity contribution in [1.29, 1.82) is 0 Å². The van der Waals surface area contributed by atoms with Gasteiger partial charge in [0.25, 0.3) is 0 Å². The lowest BCUT2D eigenvalue weighted by atomic mass is 9.99. The molecule has 1 N–H and O–H groups in total.